The Morgan fingerprint density at radius 2 is 2.03 bits per heavy atom. The van der Waals surface area contributed by atoms with Crippen LogP contribution in [0.15, 0.2) is 29.2 Å². The molecule has 3 rings (SSSR count). The van der Waals surface area contributed by atoms with E-state index < -0.39 is 15.9 Å². The van der Waals surface area contributed by atoms with Crippen LogP contribution in [0.1, 0.15) is 62.3 Å². The zero-order valence-electron chi connectivity index (χ0n) is 20.6. The van der Waals surface area contributed by atoms with Gasteiger partial charge in [0.2, 0.25) is 5.91 Å². The Kier molecular flexibility index (Phi) is 8.90. The number of carbonyl (C=O) groups is 2. The van der Waals surface area contributed by atoms with Crippen LogP contribution >= 0.6 is 0 Å². The van der Waals surface area contributed by atoms with E-state index in [1.807, 2.05) is 13.8 Å². The Morgan fingerprint density at radius 1 is 1.26 bits per heavy atom. The molecule has 3 unspecified atom stereocenters. The molecule has 1 aromatic heterocycles. The lowest BCUT2D eigenvalue weighted by Crippen LogP contribution is -2.35. The first-order valence-electron chi connectivity index (χ1n) is 11.7. The Bertz CT molecular complexity index is 1150. The number of amides is 2. The van der Waals surface area contributed by atoms with E-state index in [4.69, 9.17) is 9.47 Å². The van der Waals surface area contributed by atoms with Gasteiger partial charge < -0.3 is 20.1 Å². The number of sulfone groups is 1. The third kappa shape index (κ3) is 7.53. The smallest absolute Gasteiger partial charge is 0.407 e. The topological polar surface area (TPSA) is 139 Å². The van der Waals surface area contributed by atoms with E-state index >= 15 is 0 Å². The van der Waals surface area contributed by atoms with Crippen molar-refractivity contribution in [3.05, 3.63) is 41.1 Å². The van der Waals surface area contributed by atoms with Gasteiger partial charge in [-0.25, -0.2) is 13.2 Å². The summed E-state index contributed by atoms with van der Waals surface area (Å²) in [6.45, 7) is 4.10. The van der Waals surface area contributed by atoms with Crippen molar-refractivity contribution in [3.63, 3.8) is 0 Å². The van der Waals surface area contributed by atoms with E-state index in [0.29, 0.717) is 16.9 Å². The Balaban J connectivity index is 1.58. The van der Waals surface area contributed by atoms with E-state index in [-0.39, 0.29) is 41.9 Å². The van der Waals surface area contributed by atoms with Crippen molar-refractivity contribution >= 4 is 27.7 Å². The van der Waals surface area contributed by atoms with Crippen LogP contribution in [0.5, 0.6) is 0 Å². The summed E-state index contributed by atoms with van der Waals surface area (Å²) >= 11 is 0. The number of hydrogen-bond donors (Lipinski definition) is 3. The van der Waals surface area contributed by atoms with Crippen LogP contribution in [0.3, 0.4) is 0 Å². The second-order valence-electron chi connectivity index (χ2n) is 9.06. The summed E-state index contributed by atoms with van der Waals surface area (Å²) in [5.74, 6) is 0.174. The number of H-pyrrole nitrogens is 1. The van der Waals surface area contributed by atoms with Crippen LogP contribution in [0.2, 0.25) is 0 Å². The molecule has 0 spiro atoms. The van der Waals surface area contributed by atoms with Gasteiger partial charge in [0.1, 0.15) is 6.10 Å². The first kappa shape index (κ1) is 26.7. The molecule has 35 heavy (non-hydrogen) atoms. The number of carbonyl (C=O) groups excluding carboxylic acids is 2. The minimum Gasteiger partial charge on any atom is -0.447 e. The number of methoxy groups -OCH3 is 1. The van der Waals surface area contributed by atoms with Gasteiger partial charge in [-0.2, -0.15) is 5.10 Å². The van der Waals surface area contributed by atoms with Crippen LogP contribution in [0.4, 0.5) is 10.6 Å². The second kappa shape index (κ2) is 11.7. The van der Waals surface area contributed by atoms with Crippen LogP contribution in [-0.4, -0.2) is 56.1 Å². The van der Waals surface area contributed by atoms with E-state index in [0.717, 1.165) is 37.6 Å². The number of ether oxygens (including phenoxy) is 2. The zero-order valence-corrected chi connectivity index (χ0v) is 21.4. The predicted octanol–water partition coefficient (Wildman–Crippen LogP) is 3.30. The van der Waals surface area contributed by atoms with Crippen LogP contribution in [-0.2, 0) is 37.1 Å². The molecule has 1 aliphatic rings. The minimum absolute atomic E-state index is 0.0217. The van der Waals surface area contributed by atoms with Crippen molar-refractivity contribution in [2.24, 2.45) is 0 Å². The zero-order chi connectivity index (χ0) is 25.6. The Morgan fingerprint density at radius 3 is 2.71 bits per heavy atom. The maximum absolute atomic E-state index is 12.6. The summed E-state index contributed by atoms with van der Waals surface area (Å²) in [6, 6.07) is 6.72. The number of anilines is 1. The van der Waals surface area contributed by atoms with E-state index in [9.17, 15) is 18.0 Å². The number of nitrogens with zero attached hydrogens (tertiary/aromatic N) is 1. The van der Waals surface area contributed by atoms with Crippen molar-refractivity contribution in [2.75, 3.05) is 18.7 Å². The lowest BCUT2D eigenvalue weighted by molar-refractivity contribution is -0.115. The fraction of sp³-hybridized carbons (Fsp3) is 0.542. The number of aromatic amines is 1. The summed E-state index contributed by atoms with van der Waals surface area (Å²) in [5.41, 5.74) is 2.00. The summed E-state index contributed by atoms with van der Waals surface area (Å²) in [6.07, 6.45) is 3.70. The number of benzene rings is 1. The first-order chi connectivity index (χ1) is 16.6. The second-order valence-corrected chi connectivity index (χ2v) is 11.0. The highest BCUT2D eigenvalue weighted by Crippen LogP contribution is 2.34. The van der Waals surface area contributed by atoms with E-state index in [2.05, 4.69) is 20.8 Å². The molecule has 3 atom stereocenters. The predicted molar refractivity (Wildman–Crippen MR) is 131 cm³/mol. The average Bonchev–Trinajstić information content (AvgIpc) is 3.43. The molecule has 1 heterocycles. The third-order valence-corrected chi connectivity index (χ3v) is 7.31. The highest BCUT2D eigenvalue weighted by molar-refractivity contribution is 7.90. The first-order valence-corrected chi connectivity index (χ1v) is 13.6. The maximum Gasteiger partial charge on any atom is 0.407 e. The molecule has 0 aliphatic heterocycles. The molecule has 1 saturated carbocycles. The molecule has 1 aromatic carbocycles. The highest BCUT2D eigenvalue weighted by atomic mass is 32.2. The van der Waals surface area contributed by atoms with Gasteiger partial charge in [0.25, 0.3) is 0 Å². The molecule has 192 valence electrons. The number of alkyl carbamates (subject to hydrolysis) is 1. The molecule has 2 aromatic rings. The van der Waals surface area contributed by atoms with Crippen LogP contribution in [0.25, 0.3) is 0 Å². The molecule has 0 bridgehead atoms. The lowest BCUT2D eigenvalue weighted by atomic mass is 10.0. The van der Waals surface area contributed by atoms with Gasteiger partial charge in [-0.3, -0.25) is 9.89 Å². The Labute approximate surface area is 206 Å². The molecular formula is C24H34N4O6S. The molecule has 0 radical (unpaired) electrons. The van der Waals surface area contributed by atoms with E-state index in [1.54, 1.807) is 18.2 Å². The number of nitrogens with one attached hydrogen (secondary N) is 3. The van der Waals surface area contributed by atoms with Crippen LogP contribution < -0.4 is 10.6 Å². The van der Waals surface area contributed by atoms with Crippen molar-refractivity contribution in [1.29, 1.82) is 0 Å². The van der Waals surface area contributed by atoms with Gasteiger partial charge in [-0.05, 0) is 49.8 Å². The third-order valence-electron chi connectivity index (χ3n) is 6.14. The lowest BCUT2D eigenvalue weighted by Gasteiger charge is -2.16. The standard InChI is InChI=1S/C24H34N4O6S/c1-5-15(2)34-24(30)25-19-9-8-17(11-19)20-13-22(28-27-20)26-23(29)12-18-7-6-16(14-33-3)10-21(18)35(4,31)32/h6-7,10,13,15,17,19H,5,8-9,11-12,14H2,1-4H3,(H,25,30)(H2,26,27,28,29). The van der Waals surface area contributed by atoms with Gasteiger partial charge in [0.15, 0.2) is 15.7 Å². The van der Waals surface area contributed by atoms with Gasteiger partial charge >= 0.3 is 6.09 Å². The molecular weight excluding hydrogens is 472 g/mol. The molecule has 11 heteroatoms. The monoisotopic (exact) mass is 506 g/mol. The van der Waals surface area contributed by atoms with Crippen molar-refractivity contribution in [1.82, 2.24) is 15.5 Å². The van der Waals surface area contributed by atoms with Crippen LogP contribution in [0, 0.1) is 0 Å². The van der Waals surface area contributed by atoms with Crippen molar-refractivity contribution in [2.45, 2.75) is 75.5 Å². The molecule has 1 fully saturated rings. The van der Waals surface area contributed by atoms with Gasteiger partial charge in [0.05, 0.1) is 17.9 Å². The summed E-state index contributed by atoms with van der Waals surface area (Å²) in [5, 5.41) is 12.8. The molecule has 0 saturated heterocycles. The summed E-state index contributed by atoms with van der Waals surface area (Å²) < 4.78 is 34.8. The summed E-state index contributed by atoms with van der Waals surface area (Å²) in [4.78, 5) is 24.7. The minimum atomic E-state index is -3.52. The van der Waals surface area contributed by atoms with Gasteiger partial charge in [-0.1, -0.05) is 19.1 Å². The number of aromatic nitrogens is 2. The fourth-order valence-corrected chi connectivity index (χ4v) is 5.16. The average molecular weight is 507 g/mol. The number of hydrogen-bond acceptors (Lipinski definition) is 7. The van der Waals surface area contributed by atoms with E-state index in [1.165, 1.54) is 13.2 Å². The van der Waals surface area contributed by atoms with Gasteiger partial charge in [-0.15, -0.1) is 0 Å². The van der Waals surface area contributed by atoms with Crippen molar-refractivity contribution < 1.29 is 27.5 Å². The van der Waals surface area contributed by atoms with Crippen molar-refractivity contribution in [3.8, 4) is 0 Å². The van der Waals surface area contributed by atoms with Gasteiger partial charge in [0, 0.05) is 37.1 Å². The quantitative estimate of drug-likeness (QED) is 0.449. The fourth-order valence-electron chi connectivity index (χ4n) is 4.18. The SMILES string of the molecule is CCC(C)OC(=O)NC1CCC(c2cc(NC(=O)Cc3ccc(COC)cc3S(C)(=O)=O)n[nH]2)C1. The summed E-state index contributed by atoms with van der Waals surface area (Å²) in [7, 11) is -1.99. The molecule has 3 N–H and O–H groups in total. The maximum atomic E-state index is 12.6. The normalized spacial score (nSPS) is 18.7. The Hall–Kier alpha value is -2.92. The molecule has 1 aliphatic carbocycles. The molecule has 10 nitrogen and oxygen atoms in total. The largest absolute Gasteiger partial charge is 0.447 e. The molecule has 2 amide bonds. The number of rotatable bonds is 10. The highest BCUT2D eigenvalue weighted by Gasteiger charge is 2.29.